The summed E-state index contributed by atoms with van der Waals surface area (Å²) in [5, 5.41) is 2.57. The van der Waals surface area contributed by atoms with Gasteiger partial charge in [0.05, 0.1) is 25.0 Å². The van der Waals surface area contributed by atoms with Crippen molar-refractivity contribution in [2.24, 2.45) is 0 Å². The lowest BCUT2D eigenvalue weighted by molar-refractivity contribution is -0.114. The van der Waals surface area contributed by atoms with Crippen molar-refractivity contribution < 1.29 is 23.9 Å². The van der Waals surface area contributed by atoms with Crippen molar-refractivity contribution in [3.63, 3.8) is 0 Å². The van der Waals surface area contributed by atoms with Crippen LogP contribution in [0, 0.1) is 11.8 Å². The Labute approximate surface area is 157 Å². The summed E-state index contributed by atoms with van der Waals surface area (Å²) in [6, 6.07) is 11.3. The molecule has 0 spiro atoms. The van der Waals surface area contributed by atoms with Crippen molar-refractivity contribution in [3.05, 3.63) is 59.2 Å². The lowest BCUT2D eigenvalue weighted by Gasteiger charge is -2.09. The Balaban J connectivity index is 2.29. The number of carbonyl (C=O) groups is 3. The average molecular weight is 365 g/mol. The van der Waals surface area contributed by atoms with Crippen molar-refractivity contribution in [2.45, 2.75) is 13.8 Å². The van der Waals surface area contributed by atoms with Gasteiger partial charge in [-0.05, 0) is 55.3 Å². The second kappa shape index (κ2) is 9.20. The molecule has 0 aromatic heterocycles. The van der Waals surface area contributed by atoms with E-state index in [4.69, 9.17) is 9.47 Å². The number of ketones is 1. The van der Waals surface area contributed by atoms with Crippen molar-refractivity contribution >= 4 is 23.3 Å². The van der Waals surface area contributed by atoms with Crippen molar-refractivity contribution in [1.29, 1.82) is 0 Å². The Morgan fingerprint density at radius 2 is 1.78 bits per heavy atom. The molecule has 2 aromatic carbocycles. The van der Waals surface area contributed by atoms with Gasteiger partial charge in [0.25, 0.3) is 0 Å². The zero-order valence-corrected chi connectivity index (χ0v) is 15.3. The van der Waals surface area contributed by atoms with Gasteiger partial charge in [0.2, 0.25) is 11.7 Å². The molecule has 0 atom stereocenters. The Bertz CT molecular complexity index is 920. The van der Waals surface area contributed by atoms with E-state index in [1.807, 2.05) is 0 Å². The molecule has 6 heteroatoms. The SMILES string of the molecule is CCOC(=O)c1cc(C#CC(=O)c2ccc(OC)cc2)ccc1NC(C)=O. The molecule has 0 radical (unpaired) electrons. The summed E-state index contributed by atoms with van der Waals surface area (Å²) in [4.78, 5) is 35.6. The number of carbonyl (C=O) groups excluding carboxylic acids is 3. The predicted octanol–water partition coefficient (Wildman–Crippen LogP) is 3.06. The first-order valence-electron chi connectivity index (χ1n) is 8.23. The second-order valence-electron chi connectivity index (χ2n) is 5.47. The maximum Gasteiger partial charge on any atom is 0.340 e. The van der Waals surface area contributed by atoms with E-state index in [-0.39, 0.29) is 23.9 Å². The van der Waals surface area contributed by atoms with Crippen LogP contribution < -0.4 is 10.1 Å². The van der Waals surface area contributed by atoms with Gasteiger partial charge < -0.3 is 14.8 Å². The van der Waals surface area contributed by atoms with Gasteiger partial charge in [0, 0.05) is 18.1 Å². The largest absolute Gasteiger partial charge is 0.497 e. The fourth-order valence-corrected chi connectivity index (χ4v) is 2.24. The topological polar surface area (TPSA) is 81.7 Å². The molecule has 0 saturated heterocycles. The van der Waals surface area contributed by atoms with E-state index in [2.05, 4.69) is 17.2 Å². The minimum Gasteiger partial charge on any atom is -0.497 e. The standard InChI is InChI=1S/C21H19NO5/c1-4-27-21(25)18-13-15(5-11-19(18)22-14(2)23)6-12-20(24)16-7-9-17(26-3)10-8-16/h5,7-11,13H,4H2,1-3H3,(H,22,23). The van der Waals surface area contributed by atoms with Gasteiger partial charge in [-0.2, -0.15) is 0 Å². The number of hydrogen-bond acceptors (Lipinski definition) is 5. The summed E-state index contributed by atoms with van der Waals surface area (Å²) in [7, 11) is 1.54. The third kappa shape index (κ3) is 5.44. The first-order valence-corrected chi connectivity index (χ1v) is 8.23. The molecule has 0 heterocycles. The number of methoxy groups -OCH3 is 1. The number of benzene rings is 2. The number of rotatable bonds is 5. The van der Waals surface area contributed by atoms with Crippen LogP contribution in [-0.2, 0) is 9.53 Å². The van der Waals surface area contributed by atoms with Crippen molar-refractivity contribution in [3.8, 4) is 17.6 Å². The average Bonchev–Trinajstić information content (AvgIpc) is 2.66. The van der Waals surface area contributed by atoms with Crippen LogP contribution in [0.25, 0.3) is 0 Å². The van der Waals surface area contributed by atoms with Gasteiger partial charge in [0.1, 0.15) is 5.75 Å². The molecule has 1 N–H and O–H groups in total. The summed E-state index contributed by atoms with van der Waals surface area (Å²) in [5.41, 5.74) is 1.39. The van der Waals surface area contributed by atoms with Crippen LogP contribution >= 0.6 is 0 Å². The first kappa shape index (κ1) is 19.7. The Morgan fingerprint density at radius 1 is 1.07 bits per heavy atom. The van der Waals surface area contributed by atoms with Gasteiger partial charge in [-0.25, -0.2) is 4.79 Å². The van der Waals surface area contributed by atoms with Crippen molar-refractivity contribution in [1.82, 2.24) is 0 Å². The van der Waals surface area contributed by atoms with E-state index in [0.717, 1.165) is 0 Å². The minimum atomic E-state index is -0.577. The highest BCUT2D eigenvalue weighted by Crippen LogP contribution is 2.19. The fraction of sp³-hybridized carbons (Fsp3) is 0.190. The van der Waals surface area contributed by atoms with Crippen LogP contribution in [0.2, 0.25) is 0 Å². The quantitative estimate of drug-likeness (QED) is 0.500. The van der Waals surface area contributed by atoms with E-state index in [9.17, 15) is 14.4 Å². The highest BCUT2D eigenvalue weighted by Gasteiger charge is 2.14. The van der Waals surface area contributed by atoms with E-state index >= 15 is 0 Å². The number of Topliss-reactive ketones (excluding diaryl/α,β-unsaturated/α-hetero) is 1. The number of nitrogens with one attached hydrogen (secondary N) is 1. The Kier molecular flexibility index (Phi) is 6.73. The van der Waals surface area contributed by atoms with Crippen LogP contribution in [0.1, 0.15) is 40.1 Å². The highest BCUT2D eigenvalue weighted by atomic mass is 16.5. The third-order valence-electron chi connectivity index (χ3n) is 3.50. The van der Waals surface area contributed by atoms with Gasteiger partial charge in [-0.3, -0.25) is 9.59 Å². The lowest BCUT2D eigenvalue weighted by atomic mass is 10.1. The number of hydrogen-bond donors (Lipinski definition) is 1. The molecule has 0 saturated carbocycles. The number of anilines is 1. The fourth-order valence-electron chi connectivity index (χ4n) is 2.24. The Hall–Kier alpha value is -3.59. The second-order valence-corrected chi connectivity index (χ2v) is 5.47. The van der Waals surface area contributed by atoms with Crippen LogP contribution in [0.15, 0.2) is 42.5 Å². The zero-order valence-electron chi connectivity index (χ0n) is 15.3. The maximum atomic E-state index is 12.2. The van der Waals surface area contributed by atoms with Crippen LogP contribution in [0.4, 0.5) is 5.69 Å². The molecule has 0 bridgehead atoms. The molecule has 0 aliphatic carbocycles. The molecule has 2 aromatic rings. The van der Waals surface area contributed by atoms with Gasteiger partial charge in [-0.1, -0.05) is 5.92 Å². The van der Waals surface area contributed by atoms with Crippen LogP contribution in [0.5, 0.6) is 5.75 Å². The monoisotopic (exact) mass is 365 g/mol. The maximum absolute atomic E-state index is 12.2. The molecule has 2 rings (SSSR count). The first-order chi connectivity index (χ1) is 12.9. The van der Waals surface area contributed by atoms with E-state index in [1.54, 1.807) is 50.4 Å². The zero-order chi connectivity index (χ0) is 19.8. The summed E-state index contributed by atoms with van der Waals surface area (Å²) < 4.78 is 10.1. The smallest absolute Gasteiger partial charge is 0.340 e. The number of esters is 1. The van der Waals surface area contributed by atoms with Gasteiger partial charge in [-0.15, -0.1) is 0 Å². The summed E-state index contributed by atoms with van der Waals surface area (Å²) >= 11 is 0. The molecular weight excluding hydrogens is 346 g/mol. The predicted molar refractivity (Wildman–Crippen MR) is 101 cm³/mol. The third-order valence-corrected chi connectivity index (χ3v) is 3.50. The van der Waals surface area contributed by atoms with E-state index in [0.29, 0.717) is 22.6 Å². The lowest BCUT2D eigenvalue weighted by Crippen LogP contribution is -2.13. The van der Waals surface area contributed by atoms with Crippen LogP contribution in [-0.4, -0.2) is 31.4 Å². The summed E-state index contributed by atoms with van der Waals surface area (Å²) in [5.74, 6) is 4.68. The molecule has 0 fully saturated rings. The molecule has 0 aliphatic heterocycles. The normalized spacial score (nSPS) is 9.59. The number of amides is 1. The van der Waals surface area contributed by atoms with E-state index in [1.165, 1.54) is 13.0 Å². The molecule has 0 unspecified atom stereocenters. The van der Waals surface area contributed by atoms with Gasteiger partial charge in [0.15, 0.2) is 0 Å². The molecular formula is C21H19NO5. The molecule has 27 heavy (non-hydrogen) atoms. The summed E-state index contributed by atoms with van der Waals surface area (Å²) in [6.07, 6.45) is 0. The Morgan fingerprint density at radius 3 is 2.37 bits per heavy atom. The minimum absolute atomic E-state index is 0.177. The number of ether oxygens (including phenoxy) is 2. The molecule has 6 nitrogen and oxygen atoms in total. The highest BCUT2D eigenvalue weighted by molar-refractivity contribution is 6.09. The van der Waals surface area contributed by atoms with Crippen molar-refractivity contribution in [2.75, 3.05) is 19.0 Å². The summed E-state index contributed by atoms with van der Waals surface area (Å²) in [6.45, 7) is 3.23. The van der Waals surface area contributed by atoms with Crippen LogP contribution in [0.3, 0.4) is 0 Å². The molecule has 138 valence electrons. The molecule has 1 amide bonds. The van der Waals surface area contributed by atoms with E-state index < -0.39 is 5.97 Å². The van der Waals surface area contributed by atoms with Gasteiger partial charge >= 0.3 is 5.97 Å². The molecule has 0 aliphatic rings.